The van der Waals surface area contributed by atoms with E-state index in [2.05, 4.69) is 39.3 Å². The molecule has 2 N–H and O–H groups in total. The highest BCUT2D eigenvalue weighted by atomic mass is 127. The summed E-state index contributed by atoms with van der Waals surface area (Å²) < 4.78 is 23.5. The van der Waals surface area contributed by atoms with Gasteiger partial charge in [-0.05, 0) is 57.0 Å². The van der Waals surface area contributed by atoms with Gasteiger partial charge in [0, 0.05) is 45.5 Å². The van der Waals surface area contributed by atoms with E-state index in [0.29, 0.717) is 11.4 Å². The molecule has 0 radical (unpaired) electrons. The highest BCUT2D eigenvalue weighted by molar-refractivity contribution is 14.0. The number of benzene rings is 1. The Morgan fingerprint density at radius 2 is 1.74 bits per heavy atom. The van der Waals surface area contributed by atoms with Gasteiger partial charge < -0.3 is 20.4 Å². The van der Waals surface area contributed by atoms with Crippen LogP contribution in [0.4, 0.5) is 0 Å². The van der Waals surface area contributed by atoms with Crippen LogP contribution >= 0.6 is 24.0 Å². The molecule has 178 valence electrons. The first-order valence-electron chi connectivity index (χ1n) is 11.1. The molecular formula is C22H40IN5O2S. The quantitative estimate of drug-likeness (QED) is 0.197. The summed E-state index contributed by atoms with van der Waals surface area (Å²) in [5.41, 5.74) is 1.77. The number of hydrogen-bond donors (Lipinski definition) is 2. The number of sulfone groups is 1. The van der Waals surface area contributed by atoms with E-state index in [1.807, 2.05) is 19.1 Å². The molecule has 0 bridgehead atoms. The van der Waals surface area contributed by atoms with Crippen LogP contribution in [0.3, 0.4) is 0 Å². The Labute approximate surface area is 206 Å². The highest BCUT2D eigenvalue weighted by Gasteiger charge is 2.14. The maximum atomic E-state index is 11.8. The average molecular weight is 566 g/mol. The number of likely N-dealkylation sites (N-methyl/N-ethyl adjacent to an activating group) is 1. The first-order chi connectivity index (χ1) is 14.3. The molecule has 1 aliphatic rings. The van der Waals surface area contributed by atoms with Gasteiger partial charge in [0.2, 0.25) is 0 Å². The zero-order valence-corrected chi connectivity index (χ0v) is 22.6. The molecule has 9 heteroatoms. The lowest BCUT2D eigenvalue weighted by Crippen LogP contribution is -2.46. The zero-order valence-electron chi connectivity index (χ0n) is 19.5. The Kier molecular flexibility index (Phi) is 13.0. The number of piperazine rings is 1. The minimum atomic E-state index is -3.19. The Balaban J connectivity index is 0.00000480. The zero-order chi connectivity index (χ0) is 22.0. The van der Waals surface area contributed by atoms with Gasteiger partial charge in [0.05, 0.1) is 11.4 Å². The second-order valence-electron chi connectivity index (χ2n) is 7.98. The molecule has 0 saturated carbocycles. The van der Waals surface area contributed by atoms with E-state index >= 15 is 0 Å². The summed E-state index contributed by atoms with van der Waals surface area (Å²) in [4.78, 5) is 10.1. The number of guanidine groups is 1. The van der Waals surface area contributed by atoms with Crippen LogP contribution in [-0.4, -0.2) is 82.8 Å². The second kappa shape index (κ2) is 14.3. The third-order valence-corrected chi connectivity index (χ3v) is 6.77. The predicted octanol–water partition coefficient (Wildman–Crippen LogP) is 2.49. The number of nitrogens with zero attached hydrogens (tertiary/aromatic N) is 3. The van der Waals surface area contributed by atoms with Gasteiger partial charge in [-0.3, -0.25) is 0 Å². The van der Waals surface area contributed by atoms with E-state index in [-0.39, 0.29) is 24.0 Å². The Hall–Kier alpha value is -0.910. The maximum absolute atomic E-state index is 11.8. The van der Waals surface area contributed by atoms with Crippen molar-refractivity contribution in [3.63, 3.8) is 0 Å². The Morgan fingerprint density at radius 3 is 2.32 bits per heavy atom. The fourth-order valence-electron chi connectivity index (χ4n) is 3.73. The molecule has 0 atom stereocenters. The van der Waals surface area contributed by atoms with Gasteiger partial charge in [0.1, 0.15) is 0 Å². The van der Waals surface area contributed by atoms with Gasteiger partial charge in [0.25, 0.3) is 0 Å². The van der Waals surface area contributed by atoms with Crippen molar-refractivity contribution in [2.45, 2.75) is 45.1 Å². The maximum Gasteiger partial charge on any atom is 0.191 e. The van der Waals surface area contributed by atoms with Crippen molar-refractivity contribution in [1.82, 2.24) is 20.4 Å². The van der Waals surface area contributed by atoms with Crippen LogP contribution in [0, 0.1) is 6.92 Å². The molecule has 0 aromatic heterocycles. The molecular weight excluding hydrogens is 525 g/mol. The van der Waals surface area contributed by atoms with Crippen molar-refractivity contribution in [3.05, 3.63) is 29.3 Å². The van der Waals surface area contributed by atoms with E-state index in [1.165, 1.54) is 45.4 Å². The van der Waals surface area contributed by atoms with Crippen LogP contribution in [0.5, 0.6) is 0 Å². The van der Waals surface area contributed by atoms with Crippen LogP contribution in [0.15, 0.2) is 28.1 Å². The number of aryl methyl sites for hydroxylation is 1. The van der Waals surface area contributed by atoms with Crippen molar-refractivity contribution in [2.24, 2.45) is 4.99 Å². The molecule has 1 heterocycles. The van der Waals surface area contributed by atoms with Gasteiger partial charge in [-0.1, -0.05) is 19.1 Å². The third kappa shape index (κ3) is 10.0. The molecule has 1 aromatic carbocycles. The van der Waals surface area contributed by atoms with E-state index < -0.39 is 9.84 Å². The number of halogens is 1. The summed E-state index contributed by atoms with van der Waals surface area (Å²) in [7, 11) is -3.19. The van der Waals surface area contributed by atoms with Crippen LogP contribution in [0.25, 0.3) is 0 Å². The first-order valence-corrected chi connectivity index (χ1v) is 13.0. The second-order valence-corrected chi connectivity index (χ2v) is 9.96. The third-order valence-electron chi connectivity index (χ3n) is 5.51. The number of hydrogen-bond acceptors (Lipinski definition) is 5. The van der Waals surface area contributed by atoms with E-state index in [4.69, 9.17) is 0 Å². The molecule has 0 unspecified atom stereocenters. The number of nitrogens with one attached hydrogen (secondary N) is 2. The molecule has 0 amide bonds. The van der Waals surface area contributed by atoms with Crippen molar-refractivity contribution < 1.29 is 8.42 Å². The Morgan fingerprint density at radius 1 is 1.06 bits per heavy atom. The fraction of sp³-hybridized carbons (Fsp3) is 0.682. The number of rotatable bonds is 10. The molecule has 2 rings (SSSR count). The van der Waals surface area contributed by atoms with Gasteiger partial charge in [0.15, 0.2) is 15.8 Å². The van der Waals surface area contributed by atoms with Crippen molar-refractivity contribution in [2.75, 3.05) is 58.6 Å². The normalized spacial score (nSPS) is 16.1. The topological polar surface area (TPSA) is 77.0 Å². The molecule has 31 heavy (non-hydrogen) atoms. The van der Waals surface area contributed by atoms with Crippen molar-refractivity contribution in [3.8, 4) is 0 Å². The molecule has 1 aromatic rings. The number of aliphatic imine (C=N–C) groups is 1. The molecule has 1 fully saturated rings. The predicted molar refractivity (Wildman–Crippen MR) is 140 cm³/mol. The van der Waals surface area contributed by atoms with Crippen LogP contribution < -0.4 is 10.6 Å². The molecule has 0 aliphatic carbocycles. The largest absolute Gasteiger partial charge is 0.357 e. The number of unbranched alkanes of at least 4 members (excludes halogenated alkanes) is 1. The average Bonchev–Trinajstić information content (AvgIpc) is 2.71. The minimum Gasteiger partial charge on any atom is -0.357 e. The van der Waals surface area contributed by atoms with Gasteiger partial charge in [-0.2, -0.15) is 0 Å². The van der Waals surface area contributed by atoms with Crippen LogP contribution in [0.1, 0.15) is 37.8 Å². The van der Waals surface area contributed by atoms with E-state index in [0.717, 1.165) is 43.1 Å². The fourth-order valence-corrected chi connectivity index (χ4v) is 4.69. The van der Waals surface area contributed by atoms with E-state index in [1.54, 1.807) is 6.07 Å². The molecule has 1 saturated heterocycles. The Bertz CT molecular complexity index is 793. The lowest BCUT2D eigenvalue weighted by Gasteiger charge is -2.34. The molecule has 7 nitrogen and oxygen atoms in total. The van der Waals surface area contributed by atoms with Crippen LogP contribution in [-0.2, 0) is 16.4 Å². The molecule has 1 aliphatic heterocycles. The summed E-state index contributed by atoms with van der Waals surface area (Å²) in [6.45, 7) is 15.4. The lowest BCUT2D eigenvalue weighted by molar-refractivity contribution is 0.136. The highest BCUT2D eigenvalue weighted by Crippen LogP contribution is 2.17. The van der Waals surface area contributed by atoms with Gasteiger partial charge in [-0.25, -0.2) is 13.4 Å². The van der Waals surface area contributed by atoms with Crippen molar-refractivity contribution >= 4 is 39.8 Å². The summed E-state index contributed by atoms with van der Waals surface area (Å²) in [6.07, 6.45) is 3.54. The van der Waals surface area contributed by atoms with E-state index in [9.17, 15) is 8.42 Å². The van der Waals surface area contributed by atoms with Crippen LogP contribution in [0.2, 0.25) is 0 Å². The van der Waals surface area contributed by atoms with Crippen molar-refractivity contribution in [1.29, 1.82) is 0 Å². The first kappa shape index (κ1) is 28.1. The summed E-state index contributed by atoms with van der Waals surface area (Å²) >= 11 is 0. The van der Waals surface area contributed by atoms with Gasteiger partial charge >= 0.3 is 0 Å². The minimum absolute atomic E-state index is 0. The standard InChI is InChI=1S/C22H39N5O2S.HI/c1-5-23-22(24-11-7-8-12-27-15-13-26(6-2)14-16-27)25-18-20-9-10-21(19(3)17-20)30(4,28)29;/h9-10,17H,5-8,11-16,18H2,1-4H3,(H2,23,24,25);1H. The van der Waals surface area contributed by atoms with Gasteiger partial charge in [-0.15, -0.1) is 24.0 Å². The monoisotopic (exact) mass is 565 g/mol. The summed E-state index contributed by atoms with van der Waals surface area (Å²) in [5.74, 6) is 0.805. The SMILES string of the molecule is CCNC(=NCc1ccc(S(C)(=O)=O)c(C)c1)NCCCCN1CCN(CC)CC1.I. The smallest absolute Gasteiger partial charge is 0.191 e. The molecule has 0 spiro atoms. The summed E-state index contributed by atoms with van der Waals surface area (Å²) in [5, 5.41) is 6.69. The lowest BCUT2D eigenvalue weighted by atomic mass is 10.1. The summed E-state index contributed by atoms with van der Waals surface area (Å²) in [6, 6.07) is 5.42.